The molecule has 35 valence electrons. The lowest BCUT2D eigenvalue weighted by Crippen LogP contribution is -2.08. The molecule has 0 atom stereocenters. The van der Waals surface area contributed by atoms with Crippen molar-refractivity contribution in [3.8, 4) is 0 Å². The summed E-state index contributed by atoms with van der Waals surface area (Å²) in [4.78, 5) is 13.8. The van der Waals surface area contributed by atoms with E-state index in [1.54, 1.807) is 0 Å². The lowest BCUT2D eigenvalue weighted by Gasteiger charge is -1.84. The molecule has 0 heterocycles. The Bertz CT molecular complexity index is 52.8. The maximum absolute atomic E-state index is 9.75. The van der Waals surface area contributed by atoms with E-state index in [1.165, 1.54) is 14.0 Å². The highest BCUT2D eigenvalue weighted by atomic mass is 16.6. The van der Waals surface area contributed by atoms with E-state index in [4.69, 9.17) is 0 Å². The van der Waals surface area contributed by atoms with Crippen molar-refractivity contribution < 1.29 is 9.63 Å². The fourth-order valence-corrected chi connectivity index (χ4v) is 0.129. The van der Waals surface area contributed by atoms with E-state index in [-0.39, 0.29) is 5.91 Å². The average molecular weight is 88.1 g/mol. The van der Waals surface area contributed by atoms with Crippen LogP contribution in [-0.2, 0) is 9.63 Å². The fraction of sp³-hybridized carbons (Fsp3) is 0.667. The van der Waals surface area contributed by atoms with Gasteiger partial charge in [-0.25, -0.2) is 0 Å². The molecule has 0 unspecified atom stereocenters. The molecule has 0 saturated heterocycles. The van der Waals surface area contributed by atoms with E-state index in [1.807, 2.05) is 0 Å². The van der Waals surface area contributed by atoms with Gasteiger partial charge in [0.25, 0.3) is 5.91 Å². The van der Waals surface area contributed by atoms with Crippen molar-refractivity contribution in [3.63, 3.8) is 0 Å². The molecule has 0 saturated carbocycles. The lowest BCUT2D eigenvalue weighted by atomic mass is 10.8. The predicted molar refractivity (Wildman–Crippen MR) is 19.8 cm³/mol. The molecule has 3 nitrogen and oxygen atoms in total. The smallest absolute Gasteiger partial charge is 0.266 e. The van der Waals surface area contributed by atoms with E-state index >= 15 is 0 Å². The van der Waals surface area contributed by atoms with E-state index in [9.17, 15) is 4.79 Å². The van der Waals surface area contributed by atoms with Crippen molar-refractivity contribution in [3.05, 3.63) is 0 Å². The molecule has 0 N–H and O–H groups in total. The van der Waals surface area contributed by atoms with Gasteiger partial charge in [-0.2, -0.15) is 0 Å². The fourth-order valence-electron chi connectivity index (χ4n) is 0.129. The van der Waals surface area contributed by atoms with Crippen LogP contribution in [0.2, 0.25) is 0 Å². The van der Waals surface area contributed by atoms with Crippen LogP contribution in [0.5, 0.6) is 0 Å². The van der Waals surface area contributed by atoms with Gasteiger partial charge in [0.15, 0.2) is 0 Å². The summed E-state index contributed by atoms with van der Waals surface area (Å²) < 4.78 is 0. The van der Waals surface area contributed by atoms with Crippen molar-refractivity contribution >= 4 is 5.91 Å². The van der Waals surface area contributed by atoms with Crippen molar-refractivity contribution in [2.45, 2.75) is 6.92 Å². The highest BCUT2D eigenvalue weighted by molar-refractivity contribution is 5.71. The third kappa shape index (κ3) is 3.43. The van der Waals surface area contributed by atoms with Gasteiger partial charge in [0.05, 0.1) is 7.11 Å². The molecule has 1 amide bonds. The van der Waals surface area contributed by atoms with Gasteiger partial charge in [0.2, 0.25) is 0 Å². The van der Waals surface area contributed by atoms with Crippen LogP contribution in [0, 0.1) is 0 Å². The van der Waals surface area contributed by atoms with Gasteiger partial charge >= 0.3 is 0 Å². The zero-order chi connectivity index (χ0) is 4.99. The van der Waals surface area contributed by atoms with Gasteiger partial charge in [0.1, 0.15) is 0 Å². The van der Waals surface area contributed by atoms with E-state index in [0.29, 0.717) is 0 Å². The molecule has 1 radical (unpaired) electrons. The summed E-state index contributed by atoms with van der Waals surface area (Å²) in [6.07, 6.45) is 0. The molecule has 0 aromatic carbocycles. The zero-order valence-electron chi connectivity index (χ0n) is 3.76. The van der Waals surface area contributed by atoms with Crippen LogP contribution in [0.4, 0.5) is 0 Å². The quantitative estimate of drug-likeness (QED) is 0.413. The summed E-state index contributed by atoms with van der Waals surface area (Å²) in [5.41, 5.74) is 2.99. The second-order valence-electron chi connectivity index (χ2n) is 0.793. The van der Waals surface area contributed by atoms with Crippen LogP contribution in [0.1, 0.15) is 6.92 Å². The normalized spacial score (nSPS) is 7.67. The van der Waals surface area contributed by atoms with Crippen LogP contribution in [0.3, 0.4) is 0 Å². The predicted octanol–water partition coefficient (Wildman–Crippen LogP) is -0.301. The van der Waals surface area contributed by atoms with Crippen LogP contribution < -0.4 is 5.48 Å². The third-order valence-corrected chi connectivity index (χ3v) is 0.220. The van der Waals surface area contributed by atoms with Gasteiger partial charge in [-0.3, -0.25) is 9.63 Å². The highest BCUT2D eigenvalue weighted by Gasteiger charge is 1.84. The minimum Gasteiger partial charge on any atom is -0.271 e. The Labute approximate surface area is 36.2 Å². The average Bonchev–Trinajstić information content (AvgIpc) is 1.35. The summed E-state index contributed by atoms with van der Waals surface area (Å²) >= 11 is 0. The molecule has 0 aromatic heterocycles. The number of rotatable bonds is 1. The minimum atomic E-state index is -0.308. The topological polar surface area (TPSA) is 40.4 Å². The maximum atomic E-state index is 9.75. The number of carbonyl (C=O) groups is 1. The van der Waals surface area contributed by atoms with Crippen LogP contribution in [-0.4, -0.2) is 13.0 Å². The Morgan fingerprint density at radius 2 is 2.33 bits per heavy atom. The van der Waals surface area contributed by atoms with E-state index < -0.39 is 0 Å². The van der Waals surface area contributed by atoms with E-state index in [0.717, 1.165) is 0 Å². The van der Waals surface area contributed by atoms with Gasteiger partial charge in [-0.1, -0.05) is 5.48 Å². The first-order valence-corrected chi connectivity index (χ1v) is 1.52. The Hall–Kier alpha value is -0.570. The minimum absolute atomic E-state index is 0.308. The molecular formula is C3H6NO2. The van der Waals surface area contributed by atoms with Gasteiger partial charge in [-0.15, -0.1) is 0 Å². The van der Waals surface area contributed by atoms with Crippen molar-refractivity contribution in [2.24, 2.45) is 0 Å². The largest absolute Gasteiger partial charge is 0.271 e. The Kier molecular flexibility index (Phi) is 2.40. The molecule has 3 heteroatoms. The van der Waals surface area contributed by atoms with Crippen LogP contribution >= 0.6 is 0 Å². The first kappa shape index (κ1) is 5.43. The van der Waals surface area contributed by atoms with Gasteiger partial charge in [-0.05, 0) is 0 Å². The monoisotopic (exact) mass is 88.0 g/mol. The summed E-state index contributed by atoms with van der Waals surface area (Å²) in [6, 6.07) is 0. The standard InChI is InChI=1S/C3H6NO2/c1-3(5)4-6-2/h1-2H3. The highest BCUT2D eigenvalue weighted by Crippen LogP contribution is 1.58. The zero-order valence-corrected chi connectivity index (χ0v) is 3.76. The number of hydrogen-bond acceptors (Lipinski definition) is 2. The second-order valence-corrected chi connectivity index (χ2v) is 0.793. The van der Waals surface area contributed by atoms with Crippen LogP contribution in [0.25, 0.3) is 0 Å². The molecule has 0 aromatic rings. The summed E-state index contributed by atoms with van der Waals surface area (Å²) in [5.74, 6) is -0.308. The van der Waals surface area contributed by atoms with Crippen LogP contribution in [0.15, 0.2) is 0 Å². The first-order valence-electron chi connectivity index (χ1n) is 1.52. The molecule has 0 aliphatic carbocycles. The van der Waals surface area contributed by atoms with Gasteiger partial charge < -0.3 is 0 Å². The number of amides is 1. The number of hydroxylamine groups is 1. The number of hydrogen-bond donors (Lipinski definition) is 0. The maximum Gasteiger partial charge on any atom is 0.266 e. The number of nitrogens with zero attached hydrogens (tertiary/aromatic N) is 1. The molecule has 0 spiro atoms. The Morgan fingerprint density at radius 3 is 2.33 bits per heavy atom. The van der Waals surface area contributed by atoms with Gasteiger partial charge in [0, 0.05) is 6.92 Å². The Morgan fingerprint density at radius 1 is 1.83 bits per heavy atom. The van der Waals surface area contributed by atoms with Crippen molar-refractivity contribution in [1.29, 1.82) is 0 Å². The van der Waals surface area contributed by atoms with Crippen molar-refractivity contribution in [2.75, 3.05) is 7.11 Å². The molecule has 0 aliphatic rings. The molecule has 0 rings (SSSR count). The molecule has 0 bridgehead atoms. The summed E-state index contributed by atoms with van der Waals surface area (Å²) in [7, 11) is 1.33. The summed E-state index contributed by atoms with van der Waals surface area (Å²) in [6.45, 7) is 1.32. The molecular weight excluding hydrogens is 82.0 g/mol. The lowest BCUT2D eigenvalue weighted by molar-refractivity contribution is -0.129. The SMILES string of the molecule is CO[N]C(C)=O. The molecule has 0 aliphatic heterocycles. The van der Waals surface area contributed by atoms with Crippen molar-refractivity contribution in [1.82, 2.24) is 5.48 Å². The van der Waals surface area contributed by atoms with E-state index in [2.05, 4.69) is 10.3 Å². The molecule has 0 fully saturated rings. The molecule has 6 heavy (non-hydrogen) atoms. The first-order chi connectivity index (χ1) is 2.77. The number of carbonyl (C=O) groups excluding carboxylic acids is 1. The Balaban J connectivity index is 2.83. The third-order valence-electron chi connectivity index (χ3n) is 0.220. The second kappa shape index (κ2) is 2.66. The summed E-state index contributed by atoms with van der Waals surface area (Å²) in [5, 5.41) is 0.